The number of carbonyl (C=O) groups excluding carboxylic acids is 2. The molecule has 0 unspecified atom stereocenters. The number of urea groups is 1. The zero-order valence-corrected chi connectivity index (χ0v) is 18.0. The average molecular weight is 442 g/mol. The highest BCUT2D eigenvalue weighted by molar-refractivity contribution is 5.99. The first-order valence-electron chi connectivity index (χ1n) is 10.3. The van der Waals surface area contributed by atoms with Crippen molar-refractivity contribution in [2.24, 2.45) is 0 Å². The molecule has 10 nitrogen and oxygen atoms in total. The van der Waals surface area contributed by atoms with Crippen LogP contribution < -0.4 is 20.1 Å². The number of nitrogens with zero attached hydrogens (tertiary/aromatic N) is 2. The molecule has 0 bridgehead atoms. The Hall–Kier alpha value is -3.82. The summed E-state index contributed by atoms with van der Waals surface area (Å²) in [6, 6.07) is 11.3. The van der Waals surface area contributed by atoms with Crippen molar-refractivity contribution in [1.29, 1.82) is 0 Å². The Morgan fingerprint density at radius 1 is 1.16 bits per heavy atom. The number of benzene rings is 2. The zero-order chi connectivity index (χ0) is 23.1. The number of hydrogen-bond acceptors (Lipinski definition) is 6. The molecule has 0 saturated carbocycles. The van der Waals surface area contributed by atoms with Gasteiger partial charge in [0.25, 0.3) is 11.6 Å². The molecular weight excluding hydrogens is 416 g/mol. The van der Waals surface area contributed by atoms with Gasteiger partial charge in [0.05, 0.1) is 24.7 Å². The monoisotopic (exact) mass is 442 g/mol. The second kappa shape index (κ2) is 10.5. The van der Waals surface area contributed by atoms with Gasteiger partial charge in [-0.15, -0.1) is 0 Å². The van der Waals surface area contributed by atoms with Crippen LogP contribution in [0, 0.1) is 10.1 Å². The minimum atomic E-state index is -0.621. The Morgan fingerprint density at radius 3 is 2.44 bits per heavy atom. The Kier molecular flexibility index (Phi) is 7.48. The van der Waals surface area contributed by atoms with E-state index in [1.807, 2.05) is 30.3 Å². The summed E-state index contributed by atoms with van der Waals surface area (Å²) in [6.45, 7) is 3.00. The van der Waals surface area contributed by atoms with E-state index < -0.39 is 10.8 Å². The van der Waals surface area contributed by atoms with Crippen LogP contribution in [0.5, 0.6) is 11.5 Å². The van der Waals surface area contributed by atoms with Crippen LogP contribution >= 0.6 is 0 Å². The maximum absolute atomic E-state index is 12.8. The van der Waals surface area contributed by atoms with Gasteiger partial charge in [0.2, 0.25) is 0 Å². The van der Waals surface area contributed by atoms with Crippen LogP contribution in [-0.4, -0.2) is 54.6 Å². The predicted octanol–water partition coefficient (Wildman–Crippen LogP) is 3.43. The van der Waals surface area contributed by atoms with Crippen molar-refractivity contribution in [2.75, 3.05) is 32.1 Å². The minimum Gasteiger partial charge on any atom is -0.493 e. The lowest BCUT2D eigenvalue weighted by molar-refractivity contribution is -0.385. The summed E-state index contributed by atoms with van der Waals surface area (Å²) in [5, 5.41) is 17.2. The van der Waals surface area contributed by atoms with Crippen LogP contribution in [0.3, 0.4) is 0 Å². The first-order valence-corrected chi connectivity index (χ1v) is 10.3. The van der Waals surface area contributed by atoms with E-state index in [1.165, 1.54) is 19.2 Å². The smallest absolute Gasteiger partial charge is 0.321 e. The first kappa shape index (κ1) is 22.9. The van der Waals surface area contributed by atoms with Gasteiger partial charge in [0.15, 0.2) is 11.5 Å². The van der Waals surface area contributed by atoms with E-state index in [0.717, 1.165) is 0 Å². The molecule has 0 radical (unpaired) electrons. The van der Waals surface area contributed by atoms with Crippen molar-refractivity contribution in [2.45, 2.75) is 25.8 Å². The van der Waals surface area contributed by atoms with Crippen LogP contribution in [-0.2, 0) is 0 Å². The van der Waals surface area contributed by atoms with Crippen molar-refractivity contribution in [3.8, 4) is 11.5 Å². The SMILES string of the molecule is CCOc1cc(C(=O)NC2CCN(C(=O)Nc3ccccc3)CC2)c([N+](=O)[O-])cc1OC. The summed E-state index contributed by atoms with van der Waals surface area (Å²) in [6.07, 6.45) is 1.08. The van der Waals surface area contributed by atoms with Gasteiger partial charge >= 0.3 is 6.03 Å². The summed E-state index contributed by atoms with van der Waals surface area (Å²) < 4.78 is 10.6. The van der Waals surface area contributed by atoms with Crippen molar-refractivity contribution in [3.63, 3.8) is 0 Å². The standard InChI is InChI=1S/C22H26N4O6/c1-3-32-20-13-17(18(26(29)30)14-19(20)31-2)21(27)23-16-9-11-25(12-10-16)22(28)24-15-7-5-4-6-8-15/h4-8,13-14,16H,3,9-12H2,1-2H3,(H,23,27)(H,24,28). The third-order valence-electron chi connectivity index (χ3n) is 5.17. The fraction of sp³-hybridized carbons (Fsp3) is 0.364. The van der Waals surface area contributed by atoms with Gasteiger partial charge in [0.1, 0.15) is 5.56 Å². The Labute approximate surface area is 185 Å². The highest BCUT2D eigenvalue weighted by Gasteiger charge is 2.28. The largest absolute Gasteiger partial charge is 0.493 e. The normalized spacial score (nSPS) is 13.9. The number of rotatable bonds is 7. The fourth-order valence-corrected chi connectivity index (χ4v) is 3.52. The van der Waals surface area contributed by atoms with Crippen molar-refractivity contribution < 1.29 is 24.0 Å². The molecule has 32 heavy (non-hydrogen) atoms. The number of ether oxygens (including phenoxy) is 2. The molecule has 1 aliphatic rings. The van der Waals surface area contributed by atoms with Gasteiger partial charge < -0.3 is 25.0 Å². The van der Waals surface area contributed by atoms with Crippen molar-refractivity contribution in [3.05, 3.63) is 58.1 Å². The van der Waals surface area contributed by atoms with Gasteiger partial charge in [-0.2, -0.15) is 0 Å². The molecular formula is C22H26N4O6. The van der Waals surface area contributed by atoms with Crippen molar-refractivity contribution >= 4 is 23.3 Å². The number of anilines is 1. The van der Waals surface area contributed by atoms with Crippen LogP contribution in [0.4, 0.5) is 16.2 Å². The molecule has 2 N–H and O–H groups in total. The second-order valence-electron chi connectivity index (χ2n) is 7.24. The van der Waals surface area contributed by atoms with E-state index in [-0.39, 0.29) is 34.8 Å². The molecule has 170 valence electrons. The lowest BCUT2D eigenvalue weighted by Gasteiger charge is -2.32. The summed E-state index contributed by atoms with van der Waals surface area (Å²) in [5.74, 6) is -0.113. The summed E-state index contributed by atoms with van der Waals surface area (Å²) in [5.41, 5.74) is 0.260. The average Bonchev–Trinajstić information content (AvgIpc) is 2.80. The molecule has 2 aromatic carbocycles. The fourth-order valence-electron chi connectivity index (χ4n) is 3.52. The number of para-hydroxylation sites is 1. The van der Waals surface area contributed by atoms with E-state index in [0.29, 0.717) is 38.2 Å². The summed E-state index contributed by atoms with van der Waals surface area (Å²) >= 11 is 0. The predicted molar refractivity (Wildman–Crippen MR) is 118 cm³/mol. The molecule has 10 heteroatoms. The van der Waals surface area contributed by atoms with Crippen molar-refractivity contribution in [1.82, 2.24) is 10.2 Å². The number of amides is 3. The number of hydrogen-bond donors (Lipinski definition) is 2. The van der Waals surface area contributed by atoms with E-state index in [1.54, 1.807) is 11.8 Å². The Bertz CT molecular complexity index is 974. The van der Waals surface area contributed by atoms with Gasteiger partial charge in [0, 0.05) is 30.9 Å². The molecule has 0 atom stereocenters. The molecule has 0 aliphatic carbocycles. The number of methoxy groups -OCH3 is 1. The number of carbonyl (C=O) groups is 2. The number of nitro benzene ring substituents is 1. The lowest BCUT2D eigenvalue weighted by atomic mass is 10.0. The van der Waals surface area contributed by atoms with Crippen LogP contribution in [0.25, 0.3) is 0 Å². The van der Waals surface area contributed by atoms with Crippen LogP contribution in [0.1, 0.15) is 30.1 Å². The number of nitro groups is 1. The molecule has 3 amide bonds. The molecule has 0 spiro atoms. The molecule has 3 rings (SSSR count). The van der Waals surface area contributed by atoms with E-state index in [9.17, 15) is 19.7 Å². The molecule has 0 aromatic heterocycles. The molecule has 1 heterocycles. The Balaban J connectivity index is 1.63. The van der Waals surface area contributed by atoms with E-state index in [4.69, 9.17) is 9.47 Å². The quantitative estimate of drug-likeness (QED) is 0.500. The third-order valence-corrected chi connectivity index (χ3v) is 5.17. The minimum absolute atomic E-state index is 0.0940. The maximum atomic E-state index is 12.8. The molecule has 1 saturated heterocycles. The first-order chi connectivity index (χ1) is 15.4. The lowest BCUT2D eigenvalue weighted by Crippen LogP contribution is -2.47. The van der Waals surface area contributed by atoms with Gasteiger partial charge in [-0.3, -0.25) is 14.9 Å². The van der Waals surface area contributed by atoms with E-state index in [2.05, 4.69) is 10.6 Å². The molecule has 2 aromatic rings. The summed E-state index contributed by atoms with van der Waals surface area (Å²) in [7, 11) is 1.38. The van der Waals surface area contributed by atoms with Gasteiger partial charge in [-0.05, 0) is 31.9 Å². The topological polar surface area (TPSA) is 123 Å². The van der Waals surface area contributed by atoms with Crippen LogP contribution in [0.2, 0.25) is 0 Å². The van der Waals surface area contributed by atoms with E-state index >= 15 is 0 Å². The number of nitrogens with one attached hydrogen (secondary N) is 2. The third kappa shape index (κ3) is 5.45. The number of likely N-dealkylation sites (tertiary alicyclic amines) is 1. The summed E-state index contributed by atoms with van der Waals surface area (Å²) in [4.78, 5) is 37.8. The second-order valence-corrected chi connectivity index (χ2v) is 7.24. The molecule has 1 fully saturated rings. The van der Waals surface area contributed by atoms with Crippen LogP contribution in [0.15, 0.2) is 42.5 Å². The highest BCUT2D eigenvalue weighted by Crippen LogP contribution is 2.35. The molecule has 1 aliphatic heterocycles. The maximum Gasteiger partial charge on any atom is 0.321 e. The van der Waals surface area contributed by atoms with Gasteiger partial charge in [-0.1, -0.05) is 18.2 Å². The Morgan fingerprint density at radius 2 is 1.84 bits per heavy atom. The number of piperidine rings is 1. The highest BCUT2D eigenvalue weighted by atomic mass is 16.6. The zero-order valence-electron chi connectivity index (χ0n) is 18.0. The van der Waals surface area contributed by atoms with Gasteiger partial charge in [-0.25, -0.2) is 4.79 Å².